The molecule has 2 heterocycles. The van der Waals surface area contributed by atoms with Crippen molar-refractivity contribution in [3.05, 3.63) is 35.4 Å². The SMILES string of the molecule is CCOCCCNC(=NCc1nnc(C)n1C)NCCc1ccc2c(c1)OCO2.I. The highest BCUT2D eigenvalue weighted by Gasteiger charge is 2.13. The van der Waals surface area contributed by atoms with Crippen molar-refractivity contribution in [3.8, 4) is 11.5 Å². The second-order valence-electron chi connectivity index (χ2n) is 6.73. The number of fused-ring (bicyclic) bond motifs is 1. The van der Waals surface area contributed by atoms with Gasteiger partial charge in [-0.3, -0.25) is 0 Å². The Morgan fingerprint density at radius 1 is 1.20 bits per heavy atom. The quantitative estimate of drug-likeness (QED) is 0.211. The molecular formula is C20H31IN6O3. The second-order valence-corrected chi connectivity index (χ2v) is 6.73. The molecule has 9 nitrogen and oxygen atoms in total. The Bertz CT molecular complexity index is 827. The summed E-state index contributed by atoms with van der Waals surface area (Å²) in [5, 5.41) is 15.0. The van der Waals surface area contributed by atoms with E-state index in [9.17, 15) is 0 Å². The summed E-state index contributed by atoms with van der Waals surface area (Å²) in [4.78, 5) is 4.66. The number of guanidine groups is 1. The molecule has 1 aromatic carbocycles. The zero-order valence-corrected chi connectivity index (χ0v) is 20.1. The number of aromatic nitrogens is 3. The maximum atomic E-state index is 5.45. The summed E-state index contributed by atoms with van der Waals surface area (Å²) in [6.45, 7) is 7.68. The van der Waals surface area contributed by atoms with Gasteiger partial charge in [-0.15, -0.1) is 34.2 Å². The van der Waals surface area contributed by atoms with E-state index >= 15 is 0 Å². The number of aliphatic imine (C=N–C) groups is 1. The van der Waals surface area contributed by atoms with Crippen molar-refractivity contribution >= 4 is 29.9 Å². The standard InChI is InChI=1S/C20H30N6O3.HI/c1-4-27-11-5-9-21-20(23-13-19-25-24-15(2)26(19)3)22-10-8-16-6-7-17-18(12-16)29-14-28-17;/h6-7,12H,4-5,8-11,13-14H2,1-3H3,(H2,21,22,23);1H. The molecule has 0 saturated heterocycles. The zero-order valence-electron chi connectivity index (χ0n) is 17.8. The van der Waals surface area contributed by atoms with Gasteiger partial charge in [-0.25, -0.2) is 4.99 Å². The summed E-state index contributed by atoms with van der Waals surface area (Å²) in [6.07, 6.45) is 1.76. The van der Waals surface area contributed by atoms with Crippen LogP contribution in [0.2, 0.25) is 0 Å². The lowest BCUT2D eigenvalue weighted by Gasteiger charge is -2.13. The fourth-order valence-electron chi connectivity index (χ4n) is 2.86. The van der Waals surface area contributed by atoms with E-state index in [-0.39, 0.29) is 24.0 Å². The topological polar surface area (TPSA) is 94.8 Å². The average molecular weight is 530 g/mol. The van der Waals surface area contributed by atoms with Crippen molar-refractivity contribution < 1.29 is 14.2 Å². The van der Waals surface area contributed by atoms with E-state index in [0.29, 0.717) is 13.3 Å². The molecule has 2 N–H and O–H groups in total. The number of nitrogens with one attached hydrogen (secondary N) is 2. The maximum absolute atomic E-state index is 5.45. The Morgan fingerprint density at radius 3 is 2.77 bits per heavy atom. The number of ether oxygens (including phenoxy) is 3. The minimum absolute atomic E-state index is 0. The molecule has 0 fully saturated rings. The van der Waals surface area contributed by atoms with Gasteiger partial charge in [0.1, 0.15) is 12.4 Å². The van der Waals surface area contributed by atoms with Gasteiger partial charge in [-0.05, 0) is 44.4 Å². The fraction of sp³-hybridized carbons (Fsp3) is 0.550. The first-order valence-corrected chi connectivity index (χ1v) is 10.0. The van der Waals surface area contributed by atoms with Crippen molar-refractivity contribution in [2.75, 3.05) is 33.1 Å². The lowest BCUT2D eigenvalue weighted by Crippen LogP contribution is -2.39. The van der Waals surface area contributed by atoms with Crippen molar-refractivity contribution in [1.82, 2.24) is 25.4 Å². The molecule has 1 aromatic heterocycles. The largest absolute Gasteiger partial charge is 0.454 e. The van der Waals surface area contributed by atoms with Crippen LogP contribution >= 0.6 is 24.0 Å². The molecule has 10 heteroatoms. The molecule has 0 radical (unpaired) electrons. The van der Waals surface area contributed by atoms with Gasteiger partial charge < -0.3 is 29.4 Å². The molecule has 166 valence electrons. The molecule has 3 rings (SSSR count). The van der Waals surface area contributed by atoms with Gasteiger partial charge in [-0.1, -0.05) is 6.07 Å². The monoisotopic (exact) mass is 530 g/mol. The maximum Gasteiger partial charge on any atom is 0.231 e. The summed E-state index contributed by atoms with van der Waals surface area (Å²) < 4.78 is 18.2. The Hall–Kier alpha value is -2.08. The number of benzene rings is 1. The van der Waals surface area contributed by atoms with E-state index in [4.69, 9.17) is 14.2 Å². The first-order valence-electron chi connectivity index (χ1n) is 10.0. The van der Waals surface area contributed by atoms with Crippen molar-refractivity contribution in [2.24, 2.45) is 12.0 Å². The molecule has 0 saturated carbocycles. The molecule has 1 aliphatic rings. The zero-order chi connectivity index (χ0) is 20.5. The Labute approximate surface area is 194 Å². The van der Waals surface area contributed by atoms with E-state index in [2.05, 4.69) is 31.9 Å². The van der Waals surface area contributed by atoms with Crippen molar-refractivity contribution in [3.63, 3.8) is 0 Å². The lowest BCUT2D eigenvalue weighted by atomic mass is 10.1. The van der Waals surface area contributed by atoms with Gasteiger partial charge in [0.25, 0.3) is 0 Å². The van der Waals surface area contributed by atoms with Crippen LogP contribution in [-0.2, 0) is 24.8 Å². The highest BCUT2D eigenvalue weighted by molar-refractivity contribution is 14.0. The Kier molecular flexibility index (Phi) is 10.1. The van der Waals surface area contributed by atoms with E-state index in [1.165, 1.54) is 5.56 Å². The predicted octanol–water partition coefficient (Wildman–Crippen LogP) is 2.17. The normalized spacial score (nSPS) is 12.6. The van der Waals surface area contributed by atoms with Gasteiger partial charge in [-0.2, -0.15) is 0 Å². The Morgan fingerprint density at radius 2 is 2.00 bits per heavy atom. The third-order valence-electron chi connectivity index (χ3n) is 4.67. The fourth-order valence-corrected chi connectivity index (χ4v) is 2.86. The summed E-state index contributed by atoms with van der Waals surface area (Å²) >= 11 is 0. The number of nitrogens with zero attached hydrogens (tertiary/aromatic N) is 4. The summed E-state index contributed by atoms with van der Waals surface area (Å²) in [7, 11) is 1.95. The van der Waals surface area contributed by atoms with Crippen LogP contribution in [0.5, 0.6) is 11.5 Å². The number of aryl methyl sites for hydroxylation is 1. The van der Waals surface area contributed by atoms with Gasteiger partial charge in [0, 0.05) is 33.4 Å². The van der Waals surface area contributed by atoms with Crippen molar-refractivity contribution in [1.29, 1.82) is 0 Å². The first-order chi connectivity index (χ1) is 14.2. The molecule has 30 heavy (non-hydrogen) atoms. The van der Waals surface area contributed by atoms with Crippen LogP contribution in [0.15, 0.2) is 23.2 Å². The third kappa shape index (κ3) is 7.01. The van der Waals surface area contributed by atoms with Gasteiger partial charge in [0.2, 0.25) is 6.79 Å². The van der Waals surface area contributed by atoms with Crippen LogP contribution in [0.25, 0.3) is 0 Å². The smallest absolute Gasteiger partial charge is 0.231 e. The molecule has 0 aliphatic carbocycles. The van der Waals surface area contributed by atoms with Gasteiger partial charge in [0.15, 0.2) is 23.3 Å². The Balaban J connectivity index is 0.00000320. The summed E-state index contributed by atoms with van der Waals surface area (Å²) in [6, 6.07) is 6.04. The molecule has 2 aromatic rings. The molecule has 0 atom stereocenters. The van der Waals surface area contributed by atoms with Crippen LogP contribution < -0.4 is 20.1 Å². The van der Waals surface area contributed by atoms with E-state index in [1.54, 1.807) is 0 Å². The summed E-state index contributed by atoms with van der Waals surface area (Å²) in [5.74, 6) is 4.07. The molecule has 0 unspecified atom stereocenters. The molecule has 0 bridgehead atoms. The van der Waals surface area contributed by atoms with E-state index in [0.717, 1.165) is 68.3 Å². The van der Waals surface area contributed by atoms with Crippen molar-refractivity contribution in [2.45, 2.75) is 33.2 Å². The molecule has 1 aliphatic heterocycles. The number of hydrogen-bond acceptors (Lipinski definition) is 6. The minimum atomic E-state index is 0. The molecular weight excluding hydrogens is 499 g/mol. The van der Waals surface area contributed by atoms with Crippen LogP contribution in [0.4, 0.5) is 0 Å². The highest BCUT2D eigenvalue weighted by atomic mass is 127. The van der Waals surface area contributed by atoms with Crippen LogP contribution in [0, 0.1) is 6.92 Å². The lowest BCUT2D eigenvalue weighted by molar-refractivity contribution is 0.145. The van der Waals surface area contributed by atoms with E-state index in [1.807, 2.05) is 37.6 Å². The second kappa shape index (κ2) is 12.6. The number of hydrogen-bond donors (Lipinski definition) is 2. The molecule has 0 spiro atoms. The van der Waals surface area contributed by atoms with Gasteiger partial charge in [0.05, 0.1) is 0 Å². The van der Waals surface area contributed by atoms with Crippen LogP contribution in [0.1, 0.15) is 30.6 Å². The van der Waals surface area contributed by atoms with Crippen LogP contribution in [-0.4, -0.2) is 53.8 Å². The predicted molar refractivity (Wildman–Crippen MR) is 126 cm³/mol. The molecule has 0 amide bonds. The van der Waals surface area contributed by atoms with Gasteiger partial charge >= 0.3 is 0 Å². The average Bonchev–Trinajstić information content (AvgIpc) is 3.32. The minimum Gasteiger partial charge on any atom is -0.454 e. The highest BCUT2D eigenvalue weighted by Crippen LogP contribution is 2.32. The summed E-state index contributed by atoms with van der Waals surface area (Å²) in [5.41, 5.74) is 1.18. The van der Waals surface area contributed by atoms with E-state index < -0.39 is 0 Å². The van der Waals surface area contributed by atoms with Crippen LogP contribution in [0.3, 0.4) is 0 Å². The number of rotatable bonds is 10. The first kappa shape index (κ1) is 24.2. The number of halogens is 1. The third-order valence-corrected chi connectivity index (χ3v) is 4.67.